The van der Waals surface area contributed by atoms with E-state index in [-0.39, 0.29) is 18.3 Å². The predicted octanol–water partition coefficient (Wildman–Crippen LogP) is 4.52. The Kier molecular flexibility index (Phi) is 6.34. The Morgan fingerprint density at radius 2 is 1.87 bits per heavy atom. The number of imidazole rings is 1. The number of nitrogens with one attached hydrogen (secondary N) is 1. The molecule has 0 aliphatic rings. The molecule has 2 aromatic heterocycles. The number of carbonyl (C=O) groups is 1. The normalized spacial score (nSPS) is 11.6. The van der Waals surface area contributed by atoms with Crippen LogP contribution >= 0.6 is 0 Å². The lowest BCUT2D eigenvalue weighted by molar-refractivity contribution is 0.0990. The zero-order valence-corrected chi connectivity index (χ0v) is 18.2. The van der Waals surface area contributed by atoms with E-state index < -0.39 is 0 Å². The molecule has 0 atom stereocenters. The van der Waals surface area contributed by atoms with Gasteiger partial charge in [-0.25, -0.2) is 4.98 Å². The van der Waals surface area contributed by atoms with Crippen LogP contribution in [0.5, 0.6) is 0 Å². The summed E-state index contributed by atoms with van der Waals surface area (Å²) in [6.07, 6.45) is 0. The van der Waals surface area contributed by atoms with Crippen molar-refractivity contribution >= 4 is 33.9 Å². The number of rotatable bonds is 9. The number of methoxy groups -OCH3 is 1. The number of anilines is 1. The molecule has 0 spiro atoms. The molecule has 7 heteroatoms. The van der Waals surface area contributed by atoms with E-state index in [0.29, 0.717) is 11.5 Å². The van der Waals surface area contributed by atoms with Crippen LogP contribution in [0.1, 0.15) is 30.0 Å². The van der Waals surface area contributed by atoms with Crippen molar-refractivity contribution in [1.29, 1.82) is 0 Å². The molecule has 2 heterocycles. The van der Waals surface area contributed by atoms with Gasteiger partial charge in [-0.2, -0.15) is 0 Å². The first kappa shape index (κ1) is 21.1. The van der Waals surface area contributed by atoms with Gasteiger partial charge in [0.15, 0.2) is 5.76 Å². The van der Waals surface area contributed by atoms with E-state index in [2.05, 4.69) is 33.6 Å². The number of aromatic nitrogens is 2. The van der Waals surface area contributed by atoms with E-state index in [0.717, 1.165) is 48.2 Å². The molecule has 0 fully saturated rings. The molecule has 1 amide bonds. The number of para-hydroxylation sites is 3. The summed E-state index contributed by atoms with van der Waals surface area (Å²) in [5, 5.41) is 3.86. The third-order valence-corrected chi connectivity index (χ3v) is 5.61. The van der Waals surface area contributed by atoms with Crippen molar-refractivity contribution in [2.45, 2.75) is 27.0 Å². The van der Waals surface area contributed by atoms with E-state index in [1.54, 1.807) is 7.11 Å². The third-order valence-electron chi connectivity index (χ3n) is 5.61. The van der Waals surface area contributed by atoms with Crippen LogP contribution < -0.4 is 5.32 Å². The number of nitrogens with zero attached hydrogens (tertiary/aromatic N) is 3. The molecule has 0 saturated heterocycles. The maximum absolute atomic E-state index is 13.2. The SMILES string of the molecule is CCN(CC)CCn1c(NC(=O)c2oc3ccccc3c2COC)nc2ccccc21. The fourth-order valence-electron chi connectivity index (χ4n) is 3.91. The van der Waals surface area contributed by atoms with Crippen LogP contribution in [0.25, 0.3) is 22.0 Å². The molecule has 7 nitrogen and oxygen atoms in total. The summed E-state index contributed by atoms with van der Waals surface area (Å²) in [6.45, 7) is 8.14. The van der Waals surface area contributed by atoms with Gasteiger partial charge in [-0.1, -0.05) is 44.2 Å². The lowest BCUT2D eigenvalue weighted by atomic mass is 10.1. The quantitative estimate of drug-likeness (QED) is 0.431. The topological polar surface area (TPSA) is 72.5 Å². The molecule has 0 unspecified atom stereocenters. The smallest absolute Gasteiger partial charge is 0.294 e. The zero-order valence-electron chi connectivity index (χ0n) is 18.2. The number of ether oxygens (including phenoxy) is 1. The van der Waals surface area contributed by atoms with Gasteiger partial charge in [0.1, 0.15) is 5.58 Å². The van der Waals surface area contributed by atoms with Crippen molar-refractivity contribution in [2.24, 2.45) is 0 Å². The summed E-state index contributed by atoms with van der Waals surface area (Å²) in [5.41, 5.74) is 3.24. The first-order valence-electron chi connectivity index (χ1n) is 10.6. The van der Waals surface area contributed by atoms with Crippen LogP contribution in [0.2, 0.25) is 0 Å². The third kappa shape index (κ3) is 4.19. The Hall–Kier alpha value is -3.16. The first-order chi connectivity index (χ1) is 15.2. The number of benzene rings is 2. The lowest BCUT2D eigenvalue weighted by Crippen LogP contribution is -2.27. The van der Waals surface area contributed by atoms with Crippen molar-refractivity contribution in [3.05, 3.63) is 59.9 Å². The number of fused-ring (bicyclic) bond motifs is 2. The van der Waals surface area contributed by atoms with Gasteiger partial charge >= 0.3 is 0 Å². The van der Waals surface area contributed by atoms with Crippen molar-refractivity contribution in [3.63, 3.8) is 0 Å². The summed E-state index contributed by atoms with van der Waals surface area (Å²) < 4.78 is 13.3. The summed E-state index contributed by atoms with van der Waals surface area (Å²) in [7, 11) is 1.61. The van der Waals surface area contributed by atoms with Gasteiger partial charge in [0, 0.05) is 31.1 Å². The molecular formula is C24H28N4O3. The lowest BCUT2D eigenvalue weighted by Gasteiger charge is -2.19. The van der Waals surface area contributed by atoms with E-state index >= 15 is 0 Å². The van der Waals surface area contributed by atoms with Crippen LogP contribution in [0.15, 0.2) is 52.9 Å². The molecule has 0 radical (unpaired) electrons. The zero-order chi connectivity index (χ0) is 21.8. The van der Waals surface area contributed by atoms with Crippen molar-refractivity contribution < 1.29 is 13.9 Å². The molecule has 0 aliphatic carbocycles. The van der Waals surface area contributed by atoms with Gasteiger partial charge in [-0.05, 0) is 31.3 Å². The Bertz CT molecular complexity index is 1190. The highest BCUT2D eigenvalue weighted by Gasteiger charge is 2.22. The second kappa shape index (κ2) is 9.32. The highest BCUT2D eigenvalue weighted by Crippen LogP contribution is 2.28. The van der Waals surface area contributed by atoms with Crippen LogP contribution in [-0.4, -0.2) is 47.1 Å². The Labute approximate surface area is 181 Å². The van der Waals surface area contributed by atoms with Crippen molar-refractivity contribution in [1.82, 2.24) is 14.5 Å². The largest absolute Gasteiger partial charge is 0.451 e. The monoisotopic (exact) mass is 420 g/mol. The van der Waals surface area contributed by atoms with Gasteiger partial charge < -0.3 is 18.6 Å². The molecule has 2 aromatic carbocycles. The first-order valence-corrected chi connectivity index (χ1v) is 10.6. The second-order valence-electron chi connectivity index (χ2n) is 7.40. The Balaban J connectivity index is 1.68. The van der Waals surface area contributed by atoms with E-state index in [4.69, 9.17) is 9.15 Å². The molecule has 0 saturated carbocycles. The maximum Gasteiger partial charge on any atom is 0.294 e. The number of furan rings is 1. The minimum absolute atomic E-state index is 0.255. The van der Waals surface area contributed by atoms with Crippen molar-refractivity contribution in [3.8, 4) is 0 Å². The number of amides is 1. The molecule has 1 N–H and O–H groups in total. The van der Waals surface area contributed by atoms with E-state index in [9.17, 15) is 4.79 Å². The molecule has 0 bridgehead atoms. The van der Waals surface area contributed by atoms with Crippen LogP contribution in [-0.2, 0) is 17.9 Å². The standard InChI is InChI=1S/C24H28N4O3/c1-4-27(5-2)14-15-28-20-12-8-7-11-19(20)25-24(28)26-23(29)22-18(16-30-3)17-10-6-9-13-21(17)31-22/h6-13H,4-5,14-16H2,1-3H3,(H,25,26,29). The molecule has 4 rings (SSSR count). The predicted molar refractivity (Wildman–Crippen MR) is 122 cm³/mol. The van der Waals surface area contributed by atoms with Crippen LogP contribution in [0.4, 0.5) is 5.95 Å². The van der Waals surface area contributed by atoms with Crippen LogP contribution in [0.3, 0.4) is 0 Å². The van der Waals surface area contributed by atoms with Gasteiger partial charge in [0.2, 0.25) is 5.95 Å². The van der Waals surface area contributed by atoms with Crippen molar-refractivity contribution in [2.75, 3.05) is 32.1 Å². The van der Waals surface area contributed by atoms with E-state index in [1.807, 2.05) is 48.5 Å². The number of hydrogen-bond acceptors (Lipinski definition) is 5. The maximum atomic E-state index is 13.2. The Morgan fingerprint density at radius 3 is 2.65 bits per heavy atom. The van der Waals surface area contributed by atoms with Gasteiger partial charge in [0.05, 0.1) is 17.6 Å². The summed E-state index contributed by atoms with van der Waals surface area (Å²) in [6, 6.07) is 15.5. The minimum atomic E-state index is -0.331. The Morgan fingerprint density at radius 1 is 1.13 bits per heavy atom. The number of likely N-dealkylation sites (N-methyl/N-ethyl adjacent to an activating group) is 1. The van der Waals surface area contributed by atoms with Crippen LogP contribution in [0, 0.1) is 0 Å². The molecular weight excluding hydrogens is 392 g/mol. The fraction of sp³-hybridized carbons (Fsp3) is 0.333. The minimum Gasteiger partial charge on any atom is -0.451 e. The molecule has 162 valence electrons. The number of carbonyl (C=O) groups excluding carboxylic acids is 1. The average molecular weight is 421 g/mol. The van der Waals surface area contributed by atoms with Gasteiger partial charge in [-0.3, -0.25) is 10.1 Å². The van der Waals surface area contributed by atoms with Gasteiger partial charge in [-0.15, -0.1) is 0 Å². The number of hydrogen-bond donors (Lipinski definition) is 1. The van der Waals surface area contributed by atoms with Gasteiger partial charge in [0.25, 0.3) is 5.91 Å². The molecule has 4 aromatic rings. The van der Waals surface area contributed by atoms with E-state index in [1.165, 1.54) is 0 Å². The summed E-state index contributed by atoms with van der Waals surface area (Å²) in [4.78, 5) is 20.3. The summed E-state index contributed by atoms with van der Waals surface area (Å²) in [5.74, 6) is 0.440. The molecule has 0 aliphatic heterocycles. The second-order valence-corrected chi connectivity index (χ2v) is 7.40. The fourth-order valence-corrected chi connectivity index (χ4v) is 3.91. The molecule has 31 heavy (non-hydrogen) atoms. The average Bonchev–Trinajstić information content (AvgIpc) is 3.33. The highest BCUT2D eigenvalue weighted by molar-refractivity contribution is 6.06. The summed E-state index contributed by atoms with van der Waals surface area (Å²) >= 11 is 0. The highest BCUT2D eigenvalue weighted by atomic mass is 16.5.